The molecule has 1 aliphatic rings. The highest BCUT2D eigenvalue weighted by atomic mass is 32.2. The highest BCUT2D eigenvalue weighted by molar-refractivity contribution is 7.89. The molecule has 1 fully saturated rings. The van der Waals surface area contributed by atoms with Crippen LogP contribution in [0.5, 0.6) is 0 Å². The molecule has 6 nitrogen and oxygen atoms in total. The Morgan fingerprint density at radius 1 is 1.00 bits per heavy atom. The van der Waals surface area contributed by atoms with Gasteiger partial charge in [0.25, 0.3) is 5.91 Å². The molecule has 3 rings (SSSR count). The Labute approximate surface area is 154 Å². The van der Waals surface area contributed by atoms with Gasteiger partial charge in [0.2, 0.25) is 10.0 Å². The standard InChI is InChI=1S/C19H25N3O3S/c1-13-9-14(2)11-16(10-13)20-19(23)17-12-18(15(3)21(17)4)26(24,25)22-7-5-6-8-22/h9-12H,5-8H2,1-4H3,(H,20,23). The molecule has 0 atom stereocenters. The largest absolute Gasteiger partial charge is 0.343 e. The van der Waals surface area contributed by atoms with Gasteiger partial charge in [-0.3, -0.25) is 4.79 Å². The van der Waals surface area contributed by atoms with Crippen molar-refractivity contribution in [2.45, 2.75) is 38.5 Å². The molecule has 0 saturated carbocycles. The minimum Gasteiger partial charge on any atom is -0.343 e. The van der Waals surface area contributed by atoms with E-state index in [9.17, 15) is 13.2 Å². The summed E-state index contributed by atoms with van der Waals surface area (Å²) >= 11 is 0. The molecule has 0 spiro atoms. The smallest absolute Gasteiger partial charge is 0.272 e. The van der Waals surface area contributed by atoms with Crippen LogP contribution in [0.15, 0.2) is 29.2 Å². The van der Waals surface area contributed by atoms with Gasteiger partial charge in [0, 0.05) is 31.5 Å². The lowest BCUT2D eigenvalue weighted by Crippen LogP contribution is -2.28. The lowest BCUT2D eigenvalue weighted by Gasteiger charge is -2.15. The third-order valence-electron chi connectivity index (χ3n) is 4.88. The van der Waals surface area contributed by atoms with Crippen LogP contribution in [-0.4, -0.2) is 36.3 Å². The maximum Gasteiger partial charge on any atom is 0.272 e. The number of hydrogen-bond acceptors (Lipinski definition) is 3. The van der Waals surface area contributed by atoms with E-state index in [1.165, 1.54) is 10.4 Å². The number of carbonyl (C=O) groups is 1. The summed E-state index contributed by atoms with van der Waals surface area (Å²) in [4.78, 5) is 12.9. The van der Waals surface area contributed by atoms with Crippen molar-refractivity contribution >= 4 is 21.6 Å². The molecule has 26 heavy (non-hydrogen) atoms. The van der Waals surface area contributed by atoms with E-state index in [0.717, 1.165) is 24.0 Å². The fraction of sp³-hybridized carbons (Fsp3) is 0.421. The van der Waals surface area contributed by atoms with Crippen LogP contribution in [0.4, 0.5) is 5.69 Å². The summed E-state index contributed by atoms with van der Waals surface area (Å²) < 4.78 is 28.9. The third kappa shape index (κ3) is 3.41. The van der Waals surface area contributed by atoms with Crippen LogP contribution in [0.3, 0.4) is 0 Å². The number of hydrogen-bond donors (Lipinski definition) is 1. The van der Waals surface area contributed by atoms with Gasteiger partial charge in [0.15, 0.2) is 0 Å². The molecule has 140 valence electrons. The lowest BCUT2D eigenvalue weighted by atomic mass is 10.1. The van der Waals surface area contributed by atoms with E-state index in [4.69, 9.17) is 0 Å². The van der Waals surface area contributed by atoms with E-state index in [1.54, 1.807) is 18.5 Å². The summed E-state index contributed by atoms with van der Waals surface area (Å²) in [5.74, 6) is -0.316. The number of aromatic nitrogens is 1. The number of aryl methyl sites for hydroxylation is 2. The molecule has 0 unspecified atom stereocenters. The Morgan fingerprint density at radius 3 is 2.15 bits per heavy atom. The second kappa shape index (κ2) is 6.89. The van der Waals surface area contributed by atoms with Crippen LogP contribution in [0.2, 0.25) is 0 Å². The first-order valence-electron chi connectivity index (χ1n) is 8.76. The molecule has 0 aliphatic carbocycles. The van der Waals surface area contributed by atoms with Crippen LogP contribution >= 0.6 is 0 Å². The summed E-state index contributed by atoms with van der Waals surface area (Å²) in [5, 5.41) is 2.87. The quantitative estimate of drug-likeness (QED) is 0.893. The van der Waals surface area contributed by atoms with Crippen molar-refractivity contribution in [1.82, 2.24) is 8.87 Å². The molecule has 1 saturated heterocycles. The number of nitrogens with zero attached hydrogens (tertiary/aromatic N) is 2. The van der Waals surface area contributed by atoms with Gasteiger partial charge in [0.05, 0.1) is 0 Å². The number of anilines is 1. The summed E-state index contributed by atoms with van der Waals surface area (Å²) in [5.41, 5.74) is 3.72. The minimum atomic E-state index is -3.56. The molecule has 2 heterocycles. The van der Waals surface area contributed by atoms with Crippen molar-refractivity contribution in [1.29, 1.82) is 0 Å². The zero-order valence-electron chi connectivity index (χ0n) is 15.7. The first-order chi connectivity index (χ1) is 12.2. The molecule has 0 radical (unpaired) electrons. The van der Waals surface area contributed by atoms with E-state index in [1.807, 2.05) is 32.0 Å². The third-order valence-corrected chi connectivity index (χ3v) is 6.90. The van der Waals surface area contributed by atoms with Crippen molar-refractivity contribution in [3.8, 4) is 0 Å². The van der Waals surface area contributed by atoms with Crippen LogP contribution in [0.25, 0.3) is 0 Å². The van der Waals surface area contributed by atoms with Gasteiger partial charge in [-0.2, -0.15) is 4.31 Å². The summed E-state index contributed by atoms with van der Waals surface area (Å²) in [7, 11) is -1.84. The van der Waals surface area contributed by atoms with Gasteiger partial charge in [-0.15, -0.1) is 0 Å². The second-order valence-corrected chi connectivity index (χ2v) is 8.89. The predicted octanol–water partition coefficient (Wildman–Crippen LogP) is 2.99. The van der Waals surface area contributed by atoms with Gasteiger partial charge in [-0.05, 0) is 62.9 Å². The lowest BCUT2D eigenvalue weighted by molar-refractivity contribution is 0.101. The van der Waals surface area contributed by atoms with Crippen LogP contribution < -0.4 is 5.32 Å². The molecular weight excluding hydrogens is 350 g/mol. The maximum atomic E-state index is 12.9. The Balaban J connectivity index is 1.92. The van der Waals surface area contributed by atoms with Gasteiger partial charge in [-0.25, -0.2) is 8.42 Å². The number of rotatable bonds is 4. The van der Waals surface area contributed by atoms with Crippen molar-refractivity contribution < 1.29 is 13.2 Å². The average Bonchev–Trinajstić information content (AvgIpc) is 3.17. The molecule has 7 heteroatoms. The molecule has 1 aromatic heterocycles. The first kappa shape index (κ1) is 18.7. The van der Waals surface area contributed by atoms with Crippen LogP contribution in [0.1, 0.15) is 40.2 Å². The summed E-state index contributed by atoms with van der Waals surface area (Å²) in [6.45, 7) is 6.75. The topological polar surface area (TPSA) is 71.4 Å². The van der Waals surface area contributed by atoms with Gasteiger partial charge >= 0.3 is 0 Å². The summed E-state index contributed by atoms with van der Waals surface area (Å²) in [6, 6.07) is 7.30. The number of carbonyl (C=O) groups excluding carboxylic acids is 1. The Hall–Kier alpha value is -2.12. The molecule has 0 bridgehead atoms. The zero-order chi connectivity index (χ0) is 19.1. The van der Waals surface area contributed by atoms with E-state index < -0.39 is 10.0 Å². The molecule has 1 amide bonds. The van der Waals surface area contributed by atoms with Crippen LogP contribution in [0, 0.1) is 20.8 Å². The molecule has 1 aromatic carbocycles. The maximum absolute atomic E-state index is 12.9. The Kier molecular flexibility index (Phi) is 4.94. The minimum absolute atomic E-state index is 0.215. The van der Waals surface area contributed by atoms with E-state index >= 15 is 0 Å². The molecular formula is C19H25N3O3S. The van der Waals surface area contributed by atoms with Crippen molar-refractivity contribution in [2.75, 3.05) is 18.4 Å². The molecule has 1 aliphatic heterocycles. The normalized spacial score (nSPS) is 15.4. The van der Waals surface area contributed by atoms with Crippen LogP contribution in [-0.2, 0) is 17.1 Å². The van der Waals surface area contributed by atoms with Gasteiger partial charge in [-0.1, -0.05) is 6.07 Å². The van der Waals surface area contributed by atoms with Crippen molar-refractivity contribution in [2.24, 2.45) is 7.05 Å². The Morgan fingerprint density at radius 2 is 1.58 bits per heavy atom. The van der Waals surface area contributed by atoms with E-state index in [0.29, 0.717) is 30.2 Å². The SMILES string of the molecule is Cc1cc(C)cc(NC(=O)c2cc(S(=O)(=O)N3CCCC3)c(C)n2C)c1. The first-order valence-corrected chi connectivity index (χ1v) is 10.2. The fourth-order valence-corrected chi connectivity index (χ4v) is 5.25. The monoisotopic (exact) mass is 375 g/mol. The number of sulfonamides is 1. The number of amides is 1. The van der Waals surface area contributed by atoms with Gasteiger partial charge < -0.3 is 9.88 Å². The molecule has 1 N–H and O–H groups in total. The fourth-order valence-electron chi connectivity index (χ4n) is 3.46. The molecule has 2 aromatic rings. The van der Waals surface area contributed by atoms with Crippen molar-refractivity contribution in [3.05, 3.63) is 46.8 Å². The Bertz CT molecular complexity index is 934. The second-order valence-electron chi connectivity index (χ2n) is 6.98. The predicted molar refractivity (Wildman–Crippen MR) is 102 cm³/mol. The zero-order valence-corrected chi connectivity index (χ0v) is 16.5. The van der Waals surface area contributed by atoms with Gasteiger partial charge in [0.1, 0.15) is 10.6 Å². The van der Waals surface area contributed by atoms with E-state index in [2.05, 4.69) is 5.32 Å². The van der Waals surface area contributed by atoms with Crippen molar-refractivity contribution in [3.63, 3.8) is 0 Å². The highest BCUT2D eigenvalue weighted by Gasteiger charge is 2.31. The average molecular weight is 375 g/mol. The number of benzene rings is 1. The highest BCUT2D eigenvalue weighted by Crippen LogP contribution is 2.26. The van der Waals surface area contributed by atoms with E-state index in [-0.39, 0.29) is 10.8 Å². The summed E-state index contributed by atoms with van der Waals surface area (Å²) in [6.07, 6.45) is 1.76. The number of nitrogens with one attached hydrogen (secondary N) is 1.